The van der Waals surface area contributed by atoms with Gasteiger partial charge in [-0.15, -0.1) is 0 Å². The van der Waals surface area contributed by atoms with E-state index in [-0.39, 0.29) is 19.1 Å². The number of aromatic nitrogens is 2. The molecule has 128 valence electrons. The largest absolute Gasteiger partial charge is 0.367 e. The maximum absolute atomic E-state index is 12.1. The summed E-state index contributed by atoms with van der Waals surface area (Å²) < 4.78 is 7.18. The molecule has 1 heterocycles. The quantitative estimate of drug-likeness (QED) is 0.702. The molecule has 0 saturated heterocycles. The molecule has 0 radical (unpaired) electrons. The third-order valence-corrected chi connectivity index (χ3v) is 3.98. The molecule has 0 unspecified atom stereocenters. The van der Waals surface area contributed by atoms with Gasteiger partial charge in [-0.2, -0.15) is 5.10 Å². The smallest absolute Gasteiger partial charge is 0.251 e. The van der Waals surface area contributed by atoms with Crippen LogP contribution in [0.2, 0.25) is 5.02 Å². The number of rotatable bonds is 7. The zero-order chi connectivity index (χ0) is 17.5. The topological polar surface area (TPSA) is 56.1 Å². The van der Waals surface area contributed by atoms with Gasteiger partial charge in [-0.3, -0.25) is 4.79 Å². The molecular formula is C19H18ClN3O2. The minimum Gasteiger partial charge on any atom is -0.367 e. The molecule has 0 atom stereocenters. The summed E-state index contributed by atoms with van der Waals surface area (Å²) in [7, 11) is 0. The normalized spacial score (nSPS) is 10.6. The van der Waals surface area contributed by atoms with Gasteiger partial charge < -0.3 is 10.1 Å². The summed E-state index contributed by atoms with van der Waals surface area (Å²) in [5, 5.41) is 7.69. The van der Waals surface area contributed by atoms with Crippen molar-refractivity contribution >= 4 is 23.3 Å². The zero-order valence-electron chi connectivity index (χ0n) is 13.6. The molecule has 3 rings (SSSR count). The SMILES string of the molecule is O=C(COCc1ccccc1Cl)Nc1ccnn1Cc1ccccc1. The van der Waals surface area contributed by atoms with Gasteiger partial charge in [0, 0.05) is 11.1 Å². The number of hydrogen-bond acceptors (Lipinski definition) is 3. The van der Waals surface area contributed by atoms with E-state index in [1.165, 1.54) is 0 Å². The van der Waals surface area contributed by atoms with Crippen molar-refractivity contribution in [2.24, 2.45) is 0 Å². The second-order valence-corrected chi connectivity index (χ2v) is 5.90. The Bertz CT molecular complexity index is 833. The fourth-order valence-electron chi connectivity index (χ4n) is 2.37. The number of nitrogens with zero attached hydrogens (tertiary/aromatic N) is 2. The number of amides is 1. The van der Waals surface area contributed by atoms with Crippen molar-refractivity contribution < 1.29 is 9.53 Å². The average molecular weight is 356 g/mol. The van der Waals surface area contributed by atoms with Crippen molar-refractivity contribution in [1.82, 2.24) is 9.78 Å². The van der Waals surface area contributed by atoms with Gasteiger partial charge in [0.05, 0.1) is 19.3 Å². The fourth-order valence-corrected chi connectivity index (χ4v) is 2.56. The maximum Gasteiger partial charge on any atom is 0.251 e. The van der Waals surface area contributed by atoms with Crippen molar-refractivity contribution in [2.45, 2.75) is 13.2 Å². The van der Waals surface area contributed by atoms with Crippen molar-refractivity contribution in [3.8, 4) is 0 Å². The Morgan fingerprint density at radius 2 is 1.84 bits per heavy atom. The third kappa shape index (κ3) is 4.92. The number of ether oxygens (including phenoxy) is 1. The van der Waals surface area contributed by atoms with Crippen molar-refractivity contribution in [3.63, 3.8) is 0 Å². The molecule has 5 nitrogen and oxygen atoms in total. The van der Waals surface area contributed by atoms with Crippen LogP contribution in [0.5, 0.6) is 0 Å². The second-order valence-electron chi connectivity index (χ2n) is 5.49. The lowest BCUT2D eigenvalue weighted by Crippen LogP contribution is -2.20. The highest BCUT2D eigenvalue weighted by Gasteiger charge is 2.08. The summed E-state index contributed by atoms with van der Waals surface area (Å²) >= 11 is 6.06. The van der Waals surface area contributed by atoms with Gasteiger partial charge in [0.2, 0.25) is 0 Å². The number of carbonyl (C=O) groups is 1. The van der Waals surface area contributed by atoms with Gasteiger partial charge in [0.1, 0.15) is 12.4 Å². The molecule has 2 aromatic carbocycles. The molecule has 1 aromatic heterocycles. The first-order chi connectivity index (χ1) is 12.2. The lowest BCUT2D eigenvalue weighted by molar-refractivity contribution is -0.121. The first-order valence-electron chi connectivity index (χ1n) is 7.89. The maximum atomic E-state index is 12.1. The van der Waals surface area contributed by atoms with Crippen molar-refractivity contribution in [2.75, 3.05) is 11.9 Å². The number of halogens is 1. The van der Waals surface area contributed by atoms with E-state index >= 15 is 0 Å². The van der Waals surface area contributed by atoms with Crippen LogP contribution in [0.25, 0.3) is 0 Å². The Morgan fingerprint density at radius 1 is 1.08 bits per heavy atom. The minimum atomic E-state index is -0.234. The predicted molar refractivity (Wildman–Crippen MR) is 97.5 cm³/mol. The molecule has 1 N–H and O–H groups in total. The van der Waals surface area contributed by atoms with E-state index < -0.39 is 0 Å². The monoisotopic (exact) mass is 355 g/mol. The Morgan fingerprint density at radius 3 is 2.64 bits per heavy atom. The molecule has 3 aromatic rings. The number of nitrogens with one attached hydrogen (secondary N) is 1. The molecule has 25 heavy (non-hydrogen) atoms. The fraction of sp³-hybridized carbons (Fsp3) is 0.158. The van der Waals surface area contributed by atoms with Crippen LogP contribution in [0.3, 0.4) is 0 Å². The molecule has 0 fully saturated rings. The highest BCUT2D eigenvalue weighted by atomic mass is 35.5. The molecule has 6 heteroatoms. The molecule has 0 aliphatic carbocycles. The lowest BCUT2D eigenvalue weighted by Gasteiger charge is -2.10. The molecule has 0 spiro atoms. The van der Waals surface area contributed by atoms with Gasteiger partial charge in [-0.25, -0.2) is 4.68 Å². The van der Waals surface area contributed by atoms with Gasteiger partial charge in [0.15, 0.2) is 0 Å². The number of carbonyl (C=O) groups excluding carboxylic acids is 1. The van der Waals surface area contributed by atoms with Gasteiger partial charge in [-0.05, 0) is 17.2 Å². The molecule has 0 aliphatic rings. The van der Waals surface area contributed by atoms with Crippen LogP contribution in [0, 0.1) is 0 Å². The highest BCUT2D eigenvalue weighted by Crippen LogP contribution is 2.15. The van der Waals surface area contributed by atoms with Crippen LogP contribution in [0.15, 0.2) is 66.9 Å². The Balaban J connectivity index is 1.52. The molecule has 0 bridgehead atoms. The van der Waals surface area contributed by atoms with E-state index in [4.69, 9.17) is 16.3 Å². The summed E-state index contributed by atoms with van der Waals surface area (Å²) in [6.45, 7) is 0.821. The van der Waals surface area contributed by atoms with Gasteiger partial charge in [0.25, 0.3) is 5.91 Å². The minimum absolute atomic E-state index is 0.0538. The van der Waals surface area contributed by atoms with E-state index in [2.05, 4.69) is 10.4 Å². The Labute approximate surface area is 151 Å². The first-order valence-corrected chi connectivity index (χ1v) is 8.27. The number of hydrogen-bond donors (Lipinski definition) is 1. The standard InChI is InChI=1S/C19H18ClN3O2/c20-17-9-5-4-8-16(17)13-25-14-19(24)22-18-10-11-21-23(18)12-15-6-2-1-3-7-15/h1-11H,12-14H2,(H,22,24). The lowest BCUT2D eigenvalue weighted by atomic mass is 10.2. The van der Waals surface area contributed by atoms with Crippen molar-refractivity contribution in [3.05, 3.63) is 83.0 Å². The van der Waals surface area contributed by atoms with E-state index in [9.17, 15) is 4.79 Å². The first kappa shape index (κ1) is 17.2. The summed E-state index contributed by atoms with van der Waals surface area (Å²) in [4.78, 5) is 12.1. The molecule has 0 saturated carbocycles. The van der Waals surface area contributed by atoms with Crippen LogP contribution in [-0.4, -0.2) is 22.3 Å². The average Bonchev–Trinajstić information content (AvgIpc) is 3.04. The molecule has 0 aliphatic heterocycles. The van der Waals surface area contributed by atoms with Crippen LogP contribution < -0.4 is 5.32 Å². The third-order valence-electron chi connectivity index (χ3n) is 3.61. The summed E-state index contributed by atoms with van der Waals surface area (Å²) in [5.74, 6) is 0.400. The summed E-state index contributed by atoms with van der Waals surface area (Å²) in [6, 6.07) is 19.1. The summed E-state index contributed by atoms with van der Waals surface area (Å²) in [5.41, 5.74) is 1.96. The zero-order valence-corrected chi connectivity index (χ0v) is 14.3. The van der Waals surface area contributed by atoms with Crippen LogP contribution in [0.1, 0.15) is 11.1 Å². The predicted octanol–water partition coefficient (Wildman–Crippen LogP) is 3.74. The molecule has 1 amide bonds. The molecular weight excluding hydrogens is 338 g/mol. The van der Waals surface area contributed by atoms with E-state index in [1.54, 1.807) is 23.0 Å². The van der Waals surface area contributed by atoms with E-state index in [0.717, 1.165) is 11.1 Å². The summed E-state index contributed by atoms with van der Waals surface area (Å²) in [6.07, 6.45) is 1.66. The van der Waals surface area contributed by atoms with Gasteiger partial charge in [-0.1, -0.05) is 60.1 Å². The number of anilines is 1. The van der Waals surface area contributed by atoms with Crippen LogP contribution >= 0.6 is 11.6 Å². The van der Waals surface area contributed by atoms with E-state index in [0.29, 0.717) is 17.4 Å². The van der Waals surface area contributed by atoms with Crippen molar-refractivity contribution in [1.29, 1.82) is 0 Å². The van der Waals surface area contributed by atoms with Crippen LogP contribution in [0.4, 0.5) is 5.82 Å². The Kier molecular flexibility index (Phi) is 5.82. The van der Waals surface area contributed by atoms with E-state index in [1.807, 2.05) is 48.5 Å². The Hall–Kier alpha value is -2.63. The highest BCUT2D eigenvalue weighted by molar-refractivity contribution is 6.31. The number of benzene rings is 2. The second kappa shape index (κ2) is 8.46. The van der Waals surface area contributed by atoms with Crippen LogP contribution in [-0.2, 0) is 22.7 Å². The van der Waals surface area contributed by atoms with Gasteiger partial charge >= 0.3 is 0 Å².